The predicted molar refractivity (Wildman–Crippen MR) is 109 cm³/mol. The Hall–Kier alpha value is -3.20. The van der Waals surface area contributed by atoms with Crippen molar-refractivity contribution in [1.29, 1.82) is 0 Å². The van der Waals surface area contributed by atoms with Crippen molar-refractivity contribution in [1.82, 2.24) is 19.7 Å². The number of alkyl halides is 2. The molecule has 164 valence electrons. The third-order valence-corrected chi connectivity index (χ3v) is 4.93. The Kier molecular flexibility index (Phi) is 7.06. The van der Waals surface area contributed by atoms with E-state index in [4.69, 9.17) is 5.11 Å². The van der Waals surface area contributed by atoms with Gasteiger partial charge in [-0.25, -0.2) is 13.6 Å². The minimum absolute atomic E-state index is 0.0230. The number of benzene rings is 1. The zero-order chi connectivity index (χ0) is 22.4. The number of aliphatic hydroxyl groups excluding tert-OH is 1. The number of unbranched alkanes of at least 4 members (excludes halogenated alkanes) is 1. The second-order valence-electron chi connectivity index (χ2n) is 7.47. The fourth-order valence-corrected chi connectivity index (χ4v) is 3.28. The van der Waals surface area contributed by atoms with Gasteiger partial charge < -0.3 is 14.8 Å². The molecule has 0 radical (unpaired) electrons. The van der Waals surface area contributed by atoms with E-state index in [2.05, 4.69) is 15.2 Å². The maximum Gasteiger partial charge on any atom is 0.335 e. The lowest BCUT2D eigenvalue weighted by Crippen LogP contribution is -2.08. The third kappa shape index (κ3) is 6.14. The lowest BCUT2D eigenvalue weighted by atomic mass is 10.1. The lowest BCUT2D eigenvalue weighted by Gasteiger charge is -2.12. The van der Waals surface area contributed by atoms with Gasteiger partial charge in [-0.3, -0.25) is 4.98 Å². The van der Waals surface area contributed by atoms with E-state index in [1.807, 2.05) is 4.57 Å². The highest BCUT2D eigenvalue weighted by atomic mass is 19.3. The van der Waals surface area contributed by atoms with Crippen LogP contribution >= 0.6 is 0 Å². The minimum Gasteiger partial charge on any atom is -0.478 e. The van der Waals surface area contributed by atoms with Crippen LogP contribution in [0.2, 0.25) is 0 Å². The first-order chi connectivity index (χ1) is 14.8. The van der Waals surface area contributed by atoms with Gasteiger partial charge in [0.05, 0.1) is 24.4 Å². The Morgan fingerprint density at radius 2 is 1.77 bits per heavy atom. The minimum atomic E-state index is -2.86. The molecule has 9 heteroatoms. The normalized spacial score (nSPS) is 11.6. The number of hydrogen-bond acceptors (Lipinski definition) is 5. The molecule has 0 aliphatic carbocycles. The highest BCUT2D eigenvalue weighted by Gasteiger charge is 2.23. The average molecular weight is 430 g/mol. The van der Waals surface area contributed by atoms with Crippen molar-refractivity contribution in [3.05, 3.63) is 76.6 Å². The monoisotopic (exact) mass is 430 g/mol. The Morgan fingerprint density at radius 1 is 1.10 bits per heavy atom. The Balaban J connectivity index is 1.56. The summed E-state index contributed by atoms with van der Waals surface area (Å²) in [5, 5.41) is 26.5. The Labute approximate surface area is 178 Å². The molecule has 31 heavy (non-hydrogen) atoms. The van der Waals surface area contributed by atoms with E-state index in [1.165, 1.54) is 24.3 Å². The number of aryl methyl sites for hydroxylation is 2. The zero-order valence-corrected chi connectivity index (χ0v) is 17.1. The van der Waals surface area contributed by atoms with E-state index >= 15 is 0 Å². The maximum absolute atomic E-state index is 13.4. The van der Waals surface area contributed by atoms with Crippen LogP contribution in [0.15, 0.2) is 42.7 Å². The number of carbonyl (C=O) groups is 1. The molecule has 0 atom stereocenters. The van der Waals surface area contributed by atoms with Crippen molar-refractivity contribution in [2.75, 3.05) is 0 Å². The van der Waals surface area contributed by atoms with Crippen molar-refractivity contribution in [3.63, 3.8) is 0 Å². The number of carboxylic acids is 1. The van der Waals surface area contributed by atoms with Crippen LogP contribution < -0.4 is 0 Å². The van der Waals surface area contributed by atoms with Gasteiger partial charge in [-0.05, 0) is 37.0 Å². The number of nitrogens with zero attached hydrogens (tertiary/aromatic N) is 4. The quantitative estimate of drug-likeness (QED) is 0.477. The number of halogens is 2. The van der Waals surface area contributed by atoms with E-state index < -0.39 is 11.9 Å². The fraction of sp³-hybridized carbons (Fsp3) is 0.364. The largest absolute Gasteiger partial charge is 0.478 e. The first kappa shape index (κ1) is 22.5. The van der Waals surface area contributed by atoms with Crippen molar-refractivity contribution >= 4 is 5.97 Å². The summed E-state index contributed by atoms with van der Waals surface area (Å²) >= 11 is 0. The zero-order valence-electron chi connectivity index (χ0n) is 17.1. The molecule has 0 fully saturated rings. The van der Waals surface area contributed by atoms with Crippen LogP contribution in [0.25, 0.3) is 0 Å². The molecule has 0 amide bonds. The fourth-order valence-electron chi connectivity index (χ4n) is 3.28. The number of aromatic nitrogens is 4. The van der Waals surface area contributed by atoms with Gasteiger partial charge in [0.25, 0.3) is 5.92 Å². The average Bonchev–Trinajstić information content (AvgIpc) is 3.17. The van der Waals surface area contributed by atoms with E-state index in [1.54, 1.807) is 18.5 Å². The summed E-state index contributed by atoms with van der Waals surface area (Å²) < 4.78 is 28.6. The topological polar surface area (TPSA) is 101 Å². The molecule has 3 aromatic rings. The summed E-state index contributed by atoms with van der Waals surface area (Å²) in [5.74, 6) is -3.13. The SMILES string of the molecule is CC(F)(F)c1ccc(Cn2cnnc2CCCCc2cc(C(=O)O)cc(CO)n2)cc1. The van der Waals surface area contributed by atoms with Crippen LogP contribution in [0, 0.1) is 0 Å². The lowest BCUT2D eigenvalue weighted by molar-refractivity contribution is 0.0174. The van der Waals surface area contributed by atoms with Gasteiger partial charge in [0.1, 0.15) is 12.2 Å². The molecule has 3 rings (SSSR count). The van der Waals surface area contributed by atoms with Gasteiger partial charge in [-0.15, -0.1) is 10.2 Å². The van der Waals surface area contributed by atoms with Crippen molar-refractivity contribution in [2.24, 2.45) is 0 Å². The highest BCUT2D eigenvalue weighted by Crippen LogP contribution is 2.27. The number of carboxylic acid groups (broad SMARTS) is 1. The van der Waals surface area contributed by atoms with Crippen LogP contribution in [0.3, 0.4) is 0 Å². The van der Waals surface area contributed by atoms with Gasteiger partial charge in [-0.2, -0.15) is 0 Å². The molecule has 7 nitrogen and oxygen atoms in total. The number of aliphatic hydroxyl groups is 1. The molecule has 0 saturated carbocycles. The molecule has 0 aliphatic heterocycles. The molecular formula is C22H24F2N4O3. The summed E-state index contributed by atoms with van der Waals surface area (Å²) in [4.78, 5) is 15.5. The molecule has 0 saturated heterocycles. The second kappa shape index (κ2) is 9.74. The number of pyridine rings is 1. The molecule has 0 unspecified atom stereocenters. The molecule has 2 N–H and O–H groups in total. The third-order valence-electron chi connectivity index (χ3n) is 4.93. The second-order valence-corrected chi connectivity index (χ2v) is 7.47. The van der Waals surface area contributed by atoms with Crippen LogP contribution in [-0.2, 0) is 31.9 Å². The Bertz CT molecular complexity index is 1030. The van der Waals surface area contributed by atoms with E-state index in [-0.39, 0.29) is 17.7 Å². The smallest absolute Gasteiger partial charge is 0.335 e. The van der Waals surface area contributed by atoms with Gasteiger partial charge in [0.2, 0.25) is 0 Å². The van der Waals surface area contributed by atoms with Gasteiger partial charge in [-0.1, -0.05) is 24.3 Å². The summed E-state index contributed by atoms with van der Waals surface area (Å²) in [5.41, 5.74) is 1.92. The van der Waals surface area contributed by atoms with Crippen LogP contribution in [-0.4, -0.2) is 35.9 Å². The van der Waals surface area contributed by atoms with Crippen LogP contribution in [0.1, 0.15) is 58.5 Å². The standard InChI is InChI=1S/C22H24F2N4O3/c1-22(23,24)17-8-6-15(7-9-17)12-28-14-25-27-20(28)5-3-2-4-18-10-16(21(30)31)11-19(13-29)26-18/h6-11,14,29H,2-5,12-13H2,1H3,(H,30,31). The molecule has 0 aliphatic rings. The van der Waals surface area contributed by atoms with Crippen molar-refractivity contribution in [2.45, 2.75) is 51.7 Å². The summed E-state index contributed by atoms with van der Waals surface area (Å²) in [6, 6.07) is 9.10. The first-order valence-electron chi connectivity index (χ1n) is 9.94. The summed E-state index contributed by atoms with van der Waals surface area (Å²) in [6.07, 6.45) is 4.40. The van der Waals surface area contributed by atoms with Gasteiger partial charge in [0.15, 0.2) is 0 Å². The molecule has 2 heterocycles. The first-order valence-corrected chi connectivity index (χ1v) is 9.94. The number of hydrogen-bond donors (Lipinski definition) is 2. The van der Waals surface area contributed by atoms with Crippen molar-refractivity contribution < 1.29 is 23.8 Å². The number of rotatable bonds is 10. The van der Waals surface area contributed by atoms with E-state index in [0.717, 1.165) is 31.2 Å². The molecule has 0 bridgehead atoms. The van der Waals surface area contributed by atoms with E-state index in [9.17, 15) is 18.7 Å². The van der Waals surface area contributed by atoms with Gasteiger partial charge >= 0.3 is 5.97 Å². The highest BCUT2D eigenvalue weighted by molar-refractivity contribution is 5.87. The number of aromatic carboxylic acids is 1. The molecule has 1 aromatic carbocycles. The maximum atomic E-state index is 13.4. The summed E-state index contributed by atoms with van der Waals surface area (Å²) in [7, 11) is 0. The van der Waals surface area contributed by atoms with Crippen LogP contribution in [0.5, 0.6) is 0 Å². The predicted octanol–water partition coefficient (Wildman–Crippen LogP) is 3.59. The Morgan fingerprint density at radius 3 is 2.42 bits per heavy atom. The van der Waals surface area contributed by atoms with Crippen molar-refractivity contribution in [3.8, 4) is 0 Å². The molecule has 0 spiro atoms. The van der Waals surface area contributed by atoms with Crippen LogP contribution in [0.4, 0.5) is 8.78 Å². The molecule has 2 aromatic heterocycles. The van der Waals surface area contributed by atoms with Gasteiger partial charge in [0, 0.05) is 24.6 Å². The molecular weight excluding hydrogens is 406 g/mol. The summed E-state index contributed by atoms with van der Waals surface area (Å²) in [6.45, 7) is 1.05. The van der Waals surface area contributed by atoms with E-state index in [0.29, 0.717) is 30.8 Å².